The van der Waals surface area contributed by atoms with Crippen molar-refractivity contribution in [3.63, 3.8) is 0 Å². The third-order valence-electron chi connectivity index (χ3n) is 3.45. The van der Waals surface area contributed by atoms with Gasteiger partial charge < -0.3 is 9.64 Å². The molecule has 0 heterocycles. The minimum atomic E-state index is -3.97. The summed E-state index contributed by atoms with van der Waals surface area (Å²) in [6, 6.07) is 15.4. The fraction of sp³-hybridized carbons (Fsp3) is 0.167. The summed E-state index contributed by atoms with van der Waals surface area (Å²) >= 11 is 0. The second kappa shape index (κ2) is 7.73. The first-order chi connectivity index (χ1) is 11.9. The number of nitriles is 1. The summed E-state index contributed by atoms with van der Waals surface area (Å²) in [5.41, 5.74) is 1.96. The number of nitrogens with one attached hydrogen (secondary N) is 1. The SMILES string of the molecule is COc1ccc(NS(=O)(=O)/C(C#N)=C\c2ccc(N(C)C)cc2)cc1. The molecule has 0 saturated carbocycles. The molecule has 0 amide bonds. The summed E-state index contributed by atoms with van der Waals surface area (Å²) in [5, 5.41) is 9.26. The van der Waals surface area contributed by atoms with Crippen molar-refractivity contribution in [2.24, 2.45) is 0 Å². The molecule has 0 radical (unpaired) electrons. The maximum Gasteiger partial charge on any atom is 0.272 e. The molecule has 1 N–H and O–H groups in total. The molecule has 2 rings (SSSR count). The highest BCUT2D eigenvalue weighted by molar-refractivity contribution is 7.96. The van der Waals surface area contributed by atoms with Gasteiger partial charge in [0.2, 0.25) is 0 Å². The van der Waals surface area contributed by atoms with E-state index in [1.165, 1.54) is 13.2 Å². The minimum absolute atomic E-state index is 0.352. The number of rotatable bonds is 6. The molecular weight excluding hydrogens is 338 g/mol. The van der Waals surface area contributed by atoms with Crippen LogP contribution in [0.15, 0.2) is 53.4 Å². The van der Waals surface area contributed by atoms with Crippen LogP contribution in [-0.4, -0.2) is 29.6 Å². The van der Waals surface area contributed by atoms with Crippen molar-refractivity contribution in [2.45, 2.75) is 0 Å². The highest BCUT2D eigenvalue weighted by Crippen LogP contribution is 2.20. The van der Waals surface area contributed by atoms with Crippen LogP contribution in [0.2, 0.25) is 0 Å². The van der Waals surface area contributed by atoms with E-state index in [-0.39, 0.29) is 4.91 Å². The molecule has 7 heteroatoms. The average Bonchev–Trinajstić information content (AvgIpc) is 2.60. The number of hydrogen-bond acceptors (Lipinski definition) is 5. The van der Waals surface area contributed by atoms with Gasteiger partial charge in [-0.2, -0.15) is 5.26 Å². The number of methoxy groups -OCH3 is 1. The first-order valence-corrected chi connectivity index (χ1v) is 8.90. The number of hydrogen-bond donors (Lipinski definition) is 1. The third kappa shape index (κ3) is 4.75. The van der Waals surface area contributed by atoms with E-state index in [9.17, 15) is 13.7 Å². The van der Waals surface area contributed by atoms with Gasteiger partial charge in [0.15, 0.2) is 4.91 Å². The van der Waals surface area contributed by atoms with Crippen LogP contribution in [0.4, 0.5) is 11.4 Å². The summed E-state index contributed by atoms with van der Waals surface area (Å²) < 4.78 is 32.3. The number of anilines is 2. The lowest BCUT2D eigenvalue weighted by Crippen LogP contribution is -2.14. The van der Waals surface area contributed by atoms with Gasteiger partial charge in [-0.3, -0.25) is 4.72 Å². The zero-order chi connectivity index (χ0) is 18.4. The number of ether oxygens (including phenoxy) is 1. The molecule has 0 fully saturated rings. The molecule has 0 aliphatic rings. The predicted octanol–water partition coefficient (Wildman–Crippen LogP) is 3.07. The molecule has 0 aliphatic carbocycles. The summed E-state index contributed by atoms with van der Waals surface area (Å²) in [5.74, 6) is 0.611. The van der Waals surface area contributed by atoms with Gasteiger partial charge in [0, 0.05) is 25.5 Å². The molecule has 130 valence electrons. The van der Waals surface area contributed by atoms with Gasteiger partial charge in [-0.1, -0.05) is 12.1 Å². The fourth-order valence-corrected chi connectivity index (χ4v) is 3.03. The standard InChI is InChI=1S/C18H19N3O3S/c1-21(2)16-8-4-14(5-9-16)12-18(13-19)25(22,23)20-15-6-10-17(24-3)11-7-15/h4-12,20H,1-3H3/b18-12-. The Morgan fingerprint density at radius 3 is 2.20 bits per heavy atom. The third-order valence-corrected chi connectivity index (χ3v) is 4.74. The highest BCUT2D eigenvalue weighted by Gasteiger charge is 2.17. The maximum absolute atomic E-state index is 12.4. The maximum atomic E-state index is 12.4. The van der Waals surface area contributed by atoms with Gasteiger partial charge in [-0.05, 0) is 48.0 Å². The molecule has 0 aromatic heterocycles. The average molecular weight is 357 g/mol. The van der Waals surface area contributed by atoms with Crippen LogP contribution < -0.4 is 14.4 Å². The normalized spacial score (nSPS) is 11.5. The van der Waals surface area contributed by atoms with Crippen molar-refractivity contribution in [1.29, 1.82) is 5.26 Å². The summed E-state index contributed by atoms with van der Waals surface area (Å²) in [4.78, 5) is 1.57. The van der Waals surface area contributed by atoms with Gasteiger partial charge >= 0.3 is 0 Å². The Kier molecular flexibility index (Phi) is 5.67. The zero-order valence-corrected chi connectivity index (χ0v) is 15.0. The number of allylic oxidation sites excluding steroid dienone is 1. The number of sulfonamides is 1. The van der Waals surface area contributed by atoms with Gasteiger partial charge in [0.05, 0.1) is 7.11 Å². The fourth-order valence-electron chi connectivity index (χ4n) is 2.06. The van der Waals surface area contributed by atoms with Crippen molar-refractivity contribution in [1.82, 2.24) is 0 Å². The summed E-state index contributed by atoms with van der Waals surface area (Å²) in [7, 11) is 1.38. The molecule has 0 saturated heterocycles. The Morgan fingerprint density at radius 2 is 1.72 bits per heavy atom. The number of nitrogens with zero attached hydrogens (tertiary/aromatic N) is 2. The van der Waals surface area contributed by atoms with E-state index in [2.05, 4.69) is 4.72 Å². The first kappa shape index (κ1) is 18.4. The Balaban J connectivity index is 2.26. The highest BCUT2D eigenvalue weighted by atomic mass is 32.2. The predicted molar refractivity (Wildman–Crippen MR) is 99.9 cm³/mol. The Morgan fingerprint density at radius 1 is 1.12 bits per heavy atom. The molecule has 0 spiro atoms. The topological polar surface area (TPSA) is 82.4 Å². The van der Waals surface area contributed by atoms with Gasteiger partial charge in [-0.15, -0.1) is 0 Å². The van der Waals surface area contributed by atoms with Crippen molar-refractivity contribution in [2.75, 3.05) is 30.8 Å². The molecular formula is C18H19N3O3S. The summed E-state index contributed by atoms with van der Waals surface area (Å²) in [6.07, 6.45) is 1.34. The van der Waals surface area contributed by atoms with Crippen LogP contribution in [-0.2, 0) is 10.0 Å². The lowest BCUT2D eigenvalue weighted by molar-refractivity contribution is 0.415. The van der Waals surface area contributed by atoms with Gasteiger partial charge in [0.1, 0.15) is 11.8 Å². The first-order valence-electron chi connectivity index (χ1n) is 7.42. The van der Waals surface area contributed by atoms with E-state index < -0.39 is 10.0 Å². The molecule has 2 aromatic rings. The molecule has 0 bridgehead atoms. The van der Waals surface area contributed by atoms with Crippen LogP contribution in [0, 0.1) is 11.3 Å². The second-order valence-electron chi connectivity index (χ2n) is 5.44. The quantitative estimate of drug-likeness (QED) is 0.804. The largest absolute Gasteiger partial charge is 0.497 e. The van der Waals surface area contributed by atoms with E-state index in [0.29, 0.717) is 17.0 Å². The molecule has 25 heavy (non-hydrogen) atoms. The molecule has 6 nitrogen and oxygen atoms in total. The Bertz CT molecular complexity index is 894. The Labute approximate surface area is 148 Å². The van der Waals surface area contributed by atoms with Crippen LogP contribution in [0.25, 0.3) is 6.08 Å². The van der Waals surface area contributed by atoms with Crippen molar-refractivity contribution in [3.8, 4) is 11.8 Å². The van der Waals surface area contributed by atoms with E-state index in [1.54, 1.807) is 42.5 Å². The van der Waals surface area contributed by atoms with Crippen LogP contribution in [0.3, 0.4) is 0 Å². The van der Waals surface area contributed by atoms with Crippen molar-refractivity contribution in [3.05, 3.63) is 59.0 Å². The van der Waals surface area contributed by atoms with E-state index in [4.69, 9.17) is 4.74 Å². The van der Waals surface area contributed by atoms with Crippen LogP contribution in [0.5, 0.6) is 5.75 Å². The second-order valence-corrected chi connectivity index (χ2v) is 7.09. The van der Waals surface area contributed by atoms with Crippen LogP contribution >= 0.6 is 0 Å². The smallest absolute Gasteiger partial charge is 0.272 e. The monoisotopic (exact) mass is 357 g/mol. The van der Waals surface area contributed by atoms with Crippen LogP contribution in [0.1, 0.15) is 5.56 Å². The van der Waals surface area contributed by atoms with E-state index in [0.717, 1.165) is 5.69 Å². The van der Waals surface area contributed by atoms with E-state index >= 15 is 0 Å². The number of benzene rings is 2. The van der Waals surface area contributed by atoms with E-state index in [1.807, 2.05) is 31.1 Å². The minimum Gasteiger partial charge on any atom is -0.497 e. The molecule has 2 aromatic carbocycles. The molecule has 0 aliphatic heterocycles. The zero-order valence-electron chi connectivity index (χ0n) is 14.2. The van der Waals surface area contributed by atoms with Gasteiger partial charge in [0.25, 0.3) is 10.0 Å². The summed E-state index contributed by atoms with van der Waals surface area (Å²) in [6.45, 7) is 0. The lowest BCUT2D eigenvalue weighted by atomic mass is 10.2. The Hall–Kier alpha value is -2.98. The molecule has 0 unspecified atom stereocenters. The van der Waals surface area contributed by atoms with Gasteiger partial charge in [-0.25, -0.2) is 8.42 Å². The lowest BCUT2D eigenvalue weighted by Gasteiger charge is -2.12. The van der Waals surface area contributed by atoms with Crippen molar-refractivity contribution < 1.29 is 13.2 Å². The molecule has 0 atom stereocenters. The van der Waals surface area contributed by atoms with Crippen molar-refractivity contribution >= 4 is 27.5 Å².